The van der Waals surface area contributed by atoms with Gasteiger partial charge in [-0.2, -0.15) is 5.10 Å². The smallest absolute Gasteiger partial charge is 0.256 e. The lowest BCUT2D eigenvalue weighted by molar-refractivity contribution is -0.133. The van der Waals surface area contributed by atoms with Crippen LogP contribution in [0.15, 0.2) is 60.8 Å². The zero-order valence-corrected chi connectivity index (χ0v) is 18.4. The Labute approximate surface area is 192 Å². The van der Waals surface area contributed by atoms with Crippen LogP contribution in [-0.2, 0) is 4.79 Å². The molecule has 3 aromatic rings. The number of carbonyl (C=O) groups is 2. The van der Waals surface area contributed by atoms with E-state index in [1.54, 1.807) is 30.5 Å². The average molecular weight is 447 g/mol. The number of nitrogens with zero attached hydrogens (tertiary/aromatic N) is 3. The van der Waals surface area contributed by atoms with Crippen LogP contribution in [0.25, 0.3) is 0 Å². The number of piperidine rings is 1. The van der Waals surface area contributed by atoms with E-state index in [9.17, 15) is 9.59 Å². The molecule has 33 heavy (non-hydrogen) atoms. The van der Waals surface area contributed by atoms with Gasteiger partial charge in [-0.05, 0) is 43.5 Å². The van der Waals surface area contributed by atoms with Gasteiger partial charge in [0, 0.05) is 24.7 Å². The molecule has 2 amide bonds. The second kappa shape index (κ2) is 8.97. The van der Waals surface area contributed by atoms with E-state index >= 15 is 0 Å². The van der Waals surface area contributed by atoms with Crippen molar-refractivity contribution < 1.29 is 19.1 Å². The Balaban J connectivity index is 1.21. The third-order valence-corrected chi connectivity index (χ3v) is 6.34. The van der Waals surface area contributed by atoms with Gasteiger partial charge in [0.25, 0.3) is 5.91 Å². The highest BCUT2D eigenvalue weighted by Gasteiger charge is 2.29. The zero-order chi connectivity index (χ0) is 22.8. The van der Waals surface area contributed by atoms with Gasteiger partial charge in [-0.3, -0.25) is 9.59 Å². The van der Waals surface area contributed by atoms with Crippen LogP contribution < -0.4 is 14.8 Å². The van der Waals surface area contributed by atoms with E-state index < -0.39 is 0 Å². The molecule has 0 bridgehead atoms. The molecule has 2 aliphatic heterocycles. The summed E-state index contributed by atoms with van der Waals surface area (Å²) in [5, 5.41) is 7.40. The molecule has 1 aromatic heterocycles. The third-order valence-electron chi connectivity index (χ3n) is 6.34. The fourth-order valence-corrected chi connectivity index (χ4v) is 4.42. The quantitative estimate of drug-likeness (QED) is 0.644. The average Bonchev–Trinajstić information content (AvgIpc) is 3.52. The molecule has 170 valence electrons. The van der Waals surface area contributed by atoms with Gasteiger partial charge in [0.2, 0.25) is 12.7 Å². The first-order valence-electron chi connectivity index (χ1n) is 11.2. The van der Waals surface area contributed by atoms with Crippen LogP contribution in [0.3, 0.4) is 0 Å². The van der Waals surface area contributed by atoms with Crippen molar-refractivity contribution in [2.75, 3.05) is 25.2 Å². The Hall–Kier alpha value is -3.81. The number of anilines is 1. The molecular formula is C25H26N4O4. The molecule has 2 aliphatic rings. The molecular weight excluding hydrogens is 420 g/mol. The van der Waals surface area contributed by atoms with Crippen LogP contribution in [0.4, 0.5) is 5.82 Å². The van der Waals surface area contributed by atoms with Gasteiger partial charge in [-0.25, -0.2) is 4.68 Å². The number of carbonyl (C=O) groups excluding carboxylic acids is 2. The monoisotopic (exact) mass is 446 g/mol. The topological polar surface area (TPSA) is 85.7 Å². The third kappa shape index (κ3) is 4.28. The summed E-state index contributed by atoms with van der Waals surface area (Å²) in [6, 6.07) is 16.9. The number of amides is 2. The largest absolute Gasteiger partial charge is 0.454 e. The maximum absolute atomic E-state index is 13.0. The number of hydrogen-bond acceptors (Lipinski definition) is 5. The molecule has 0 unspecified atom stereocenters. The maximum Gasteiger partial charge on any atom is 0.256 e. The second-order valence-corrected chi connectivity index (χ2v) is 8.37. The first-order chi connectivity index (χ1) is 16.1. The number of likely N-dealkylation sites (tertiary alicyclic amines) is 1. The molecule has 1 saturated heterocycles. The van der Waals surface area contributed by atoms with Gasteiger partial charge < -0.3 is 19.7 Å². The molecule has 2 aromatic carbocycles. The zero-order valence-electron chi connectivity index (χ0n) is 18.4. The highest BCUT2D eigenvalue weighted by atomic mass is 16.7. The fraction of sp³-hybridized carbons (Fsp3) is 0.320. The molecule has 0 spiro atoms. The number of fused-ring (bicyclic) bond motifs is 1. The molecule has 5 rings (SSSR count). The minimum absolute atomic E-state index is 0.114. The van der Waals surface area contributed by atoms with Gasteiger partial charge in [-0.15, -0.1) is 0 Å². The van der Waals surface area contributed by atoms with Crippen molar-refractivity contribution in [3.63, 3.8) is 0 Å². The Morgan fingerprint density at radius 2 is 1.79 bits per heavy atom. The Bertz CT molecular complexity index is 1150. The number of nitrogens with one attached hydrogen (secondary N) is 1. The van der Waals surface area contributed by atoms with E-state index in [4.69, 9.17) is 9.47 Å². The van der Waals surface area contributed by atoms with E-state index in [2.05, 4.69) is 10.4 Å². The van der Waals surface area contributed by atoms with Gasteiger partial charge >= 0.3 is 0 Å². The van der Waals surface area contributed by atoms with Crippen LogP contribution in [0.2, 0.25) is 0 Å². The Morgan fingerprint density at radius 3 is 2.58 bits per heavy atom. The van der Waals surface area contributed by atoms with Crippen LogP contribution in [-0.4, -0.2) is 46.4 Å². The first-order valence-corrected chi connectivity index (χ1v) is 11.2. The lowest BCUT2D eigenvalue weighted by atomic mass is 9.97. The Kier molecular flexibility index (Phi) is 5.73. The minimum atomic E-state index is -0.237. The SMILES string of the molecule is C[C@@H](C(=O)N1CCC(n2nccc2NC(=O)c2ccc3c(c2)OCO3)CC1)c1ccccc1. The first kappa shape index (κ1) is 21.1. The van der Waals surface area contributed by atoms with Crippen LogP contribution in [0, 0.1) is 0 Å². The molecule has 0 saturated carbocycles. The summed E-state index contributed by atoms with van der Waals surface area (Å²) in [5.41, 5.74) is 1.52. The minimum Gasteiger partial charge on any atom is -0.454 e. The molecule has 0 aliphatic carbocycles. The fourth-order valence-electron chi connectivity index (χ4n) is 4.42. The van der Waals surface area contributed by atoms with E-state index in [1.165, 1.54) is 0 Å². The summed E-state index contributed by atoms with van der Waals surface area (Å²) in [6.07, 6.45) is 3.24. The van der Waals surface area contributed by atoms with Gasteiger partial charge in [0.1, 0.15) is 5.82 Å². The summed E-state index contributed by atoms with van der Waals surface area (Å²) in [7, 11) is 0. The predicted octanol–water partition coefficient (Wildman–Crippen LogP) is 3.83. The molecule has 0 radical (unpaired) electrons. The maximum atomic E-state index is 13.0. The lowest BCUT2D eigenvalue weighted by Gasteiger charge is -2.34. The van der Waals surface area contributed by atoms with E-state index in [-0.39, 0.29) is 30.6 Å². The van der Waals surface area contributed by atoms with Gasteiger partial charge in [-0.1, -0.05) is 30.3 Å². The summed E-state index contributed by atoms with van der Waals surface area (Å²) in [4.78, 5) is 27.7. The number of hydrogen-bond donors (Lipinski definition) is 1. The molecule has 8 nitrogen and oxygen atoms in total. The van der Waals surface area contributed by atoms with Crippen molar-refractivity contribution in [3.05, 3.63) is 71.9 Å². The Morgan fingerprint density at radius 1 is 1.03 bits per heavy atom. The summed E-state index contributed by atoms with van der Waals surface area (Å²) in [5.74, 6) is 1.59. The number of rotatable bonds is 5. The van der Waals surface area contributed by atoms with E-state index in [0.29, 0.717) is 36.0 Å². The van der Waals surface area contributed by atoms with Crippen molar-refractivity contribution in [2.24, 2.45) is 0 Å². The second-order valence-electron chi connectivity index (χ2n) is 8.37. The van der Waals surface area contributed by atoms with Gasteiger partial charge in [0.15, 0.2) is 11.5 Å². The van der Waals surface area contributed by atoms with E-state index in [1.807, 2.05) is 46.8 Å². The molecule has 1 fully saturated rings. The molecule has 1 N–H and O–H groups in total. The number of benzene rings is 2. The molecule has 3 heterocycles. The standard InChI is InChI=1S/C25H26N4O4/c1-17(18-5-3-2-4-6-18)25(31)28-13-10-20(11-14-28)29-23(9-12-26-29)27-24(30)19-7-8-21-22(15-19)33-16-32-21/h2-9,12,15,17,20H,10-11,13-14,16H2,1H3,(H,27,30)/t17-/m1/s1. The van der Waals surface area contributed by atoms with E-state index in [0.717, 1.165) is 18.4 Å². The summed E-state index contributed by atoms with van der Waals surface area (Å²) in [6.45, 7) is 3.45. The summed E-state index contributed by atoms with van der Waals surface area (Å²) < 4.78 is 12.5. The molecule has 1 atom stereocenters. The lowest BCUT2D eigenvalue weighted by Crippen LogP contribution is -2.41. The van der Waals surface area contributed by atoms with Crippen molar-refractivity contribution in [1.82, 2.24) is 14.7 Å². The van der Waals surface area contributed by atoms with Crippen molar-refractivity contribution in [1.29, 1.82) is 0 Å². The predicted molar refractivity (Wildman–Crippen MR) is 122 cm³/mol. The summed E-state index contributed by atoms with van der Waals surface area (Å²) >= 11 is 0. The number of ether oxygens (including phenoxy) is 2. The normalized spacial score (nSPS) is 16.5. The highest BCUT2D eigenvalue weighted by molar-refractivity contribution is 6.04. The van der Waals surface area contributed by atoms with Crippen molar-refractivity contribution in [3.8, 4) is 11.5 Å². The highest BCUT2D eigenvalue weighted by Crippen LogP contribution is 2.33. The number of aromatic nitrogens is 2. The van der Waals surface area contributed by atoms with Crippen LogP contribution >= 0.6 is 0 Å². The van der Waals surface area contributed by atoms with Crippen LogP contribution in [0.5, 0.6) is 11.5 Å². The van der Waals surface area contributed by atoms with Crippen molar-refractivity contribution >= 4 is 17.6 Å². The van der Waals surface area contributed by atoms with Gasteiger partial charge in [0.05, 0.1) is 18.2 Å². The van der Waals surface area contributed by atoms with Crippen LogP contribution in [0.1, 0.15) is 47.6 Å². The molecule has 8 heteroatoms. The van der Waals surface area contributed by atoms with Crippen molar-refractivity contribution in [2.45, 2.75) is 31.7 Å².